The highest BCUT2D eigenvalue weighted by Crippen LogP contribution is 2.30. The molecule has 0 bridgehead atoms. The fourth-order valence-corrected chi connectivity index (χ4v) is 4.04. The van der Waals surface area contributed by atoms with Gasteiger partial charge in [-0.1, -0.05) is 29.8 Å². The Morgan fingerprint density at radius 2 is 2.03 bits per heavy atom. The third kappa shape index (κ3) is 4.80. The molecule has 0 aliphatic heterocycles. The minimum absolute atomic E-state index is 0.344. The van der Waals surface area contributed by atoms with Crippen LogP contribution in [-0.4, -0.2) is 40.3 Å². The van der Waals surface area contributed by atoms with E-state index in [-0.39, 0.29) is 0 Å². The Hall–Kier alpha value is -2.91. The van der Waals surface area contributed by atoms with Crippen LogP contribution in [0.4, 0.5) is 4.79 Å². The van der Waals surface area contributed by atoms with Crippen molar-refractivity contribution < 1.29 is 19.1 Å². The number of esters is 1. The van der Waals surface area contributed by atoms with Crippen LogP contribution in [0, 0.1) is 6.92 Å². The van der Waals surface area contributed by atoms with Gasteiger partial charge in [-0.05, 0) is 38.5 Å². The van der Waals surface area contributed by atoms with Crippen molar-refractivity contribution in [3.05, 3.63) is 51.5 Å². The number of rotatable bonds is 6. The molecule has 8 nitrogen and oxygen atoms in total. The molecule has 0 spiro atoms. The number of hydrogen-bond acceptors (Lipinski definition) is 6. The Balaban J connectivity index is 1.75. The number of nitrogens with one attached hydrogen (secondary N) is 2. The second-order valence-electron chi connectivity index (χ2n) is 6.56. The van der Waals surface area contributed by atoms with Gasteiger partial charge < -0.3 is 10.1 Å². The number of aromatic nitrogens is 2. The third-order valence-electron chi connectivity index (χ3n) is 4.31. The number of amides is 3. The monoisotopic (exact) mass is 448 g/mol. The van der Waals surface area contributed by atoms with Crippen LogP contribution in [0.2, 0.25) is 5.02 Å². The SMILES string of the molecule is CCNC(=O)NC(=O)C(C)OC(=O)c1cc2c(C)nn(Cc3ccccc3Cl)c2s1. The summed E-state index contributed by atoms with van der Waals surface area (Å²) in [4.78, 5) is 37.1. The number of benzene rings is 1. The van der Waals surface area contributed by atoms with Crippen molar-refractivity contribution in [2.45, 2.75) is 33.4 Å². The third-order valence-corrected chi connectivity index (χ3v) is 5.81. The number of ether oxygens (including phenoxy) is 1. The first kappa shape index (κ1) is 21.8. The minimum Gasteiger partial charge on any atom is -0.448 e. The first-order valence-electron chi connectivity index (χ1n) is 9.30. The van der Waals surface area contributed by atoms with Crippen LogP contribution in [-0.2, 0) is 16.1 Å². The van der Waals surface area contributed by atoms with E-state index in [0.29, 0.717) is 23.0 Å². The van der Waals surface area contributed by atoms with Crippen LogP contribution in [0.25, 0.3) is 10.2 Å². The first-order chi connectivity index (χ1) is 14.3. The van der Waals surface area contributed by atoms with Crippen LogP contribution < -0.4 is 10.6 Å². The molecule has 0 radical (unpaired) electrons. The van der Waals surface area contributed by atoms with Gasteiger partial charge in [-0.15, -0.1) is 11.3 Å². The van der Waals surface area contributed by atoms with Gasteiger partial charge in [0.1, 0.15) is 9.71 Å². The quantitative estimate of drug-likeness (QED) is 0.562. The molecule has 0 fully saturated rings. The number of nitrogens with zero attached hydrogens (tertiary/aromatic N) is 2. The second kappa shape index (κ2) is 9.27. The number of thiophene rings is 1. The fraction of sp³-hybridized carbons (Fsp3) is 0.300. The lowest BCUT2D eigenvalue weighted by Crippen LogP contribution is -2.44. The highest BCUT2D eigenvalue weighted by molar-refractivity contribution is 7.20. The number of halogens is 1. The van der Waals surface area contributed by atoms with Gasteiger partial charge in [0.25, 0.3) is 5.91 Å². The minimum atomic E-state index is -1.12. The van der Waals surface area contributed by atoms with Gasteiger partial charge in [-0.2, -0.15) is 5.10 Å². The van der Waals surface area contributed by atoms with Crippen molar-refractivity contribution in [1.82, 2.24) is 20.4 Å². The molecule has 2 heterocycles. The molecular weight excluding hydrogens is 428 g/mol. The summed E-state index contributed by atoms with van der Waals surface area (Å²) in [6.45, 7) is 5.83. The number of carbonyl (C=O) groups is 3. The Morgan fingerprint density at radius 1 is 1.30 bits per heavy atom. The van der Waals surface area contributed by atoms with Gasteiger partial charge in [-0.25, -0.2) is 9.59 Å². The van der Waals surface area contributed by atoms with Crippen LogP contribution in [0.1, 0.15) is 34.8 Å². The van der Waals surface area contributed by atoms with Crippen LogP contribution in [0.5, 0.6) is 0 Å². The predicted molar refractivity (Wildman–Crippen MR) is 115 cm³/mol. The molecular formula is C20H21ClN4O4S. The van der Waals surface area contributed by atoms with E-state index in [2.05, 4.69) is 15.7 Å². The van der Waals surface area contributed by atoms with E-state index < -0.39 is 24.0 Å². The van der Waals surface area contributed by atoms with Crippen LogP contribution in [0.3, 0.4) is 0 Å². The zero-order valence-corrected chi connectivity index (χ0v) is 18.3. The molecule has 2 aromatic heterocycles. The maximum atomic E-state index is 12.5. The predicted octanol–water partition coefficient (Wildman–Crippen LogP) is 3.50. The summed E-state index contributed by atoms with van der Waals surface area (Å²) in [5, 5.41) is 10.6. The fourth-order valence-electron chi connectivity index (χ4n) is 2.80. The van der Waals surface area contributed by atoms with E-state index in [1.807, 2.05) is 31.2 Å². The molecule has 2 N–H and O–H groups in total. The molecule has 30 heavy (non-hydrogen) atoms. The number of imide groups is 1. The molecule has 0 aliphatic rings. The van der Waals surface area contributed by atoms with Gasteiger partial charge in [0.2, 0.25) is 0 Å². The normalized spacial score (nSPS) is 11.9. The van der Waals surface area contributed by atoms with E-state index >= 15 is 0 Å². The molecule has 0 saturated carbocycles. The number of hydrogen-bond donors (Lipinski definition) is 2. The summed E-state index contributed by atoms with van der Waals surface area (Å²) >= 11 is 7.48. The lowest BCUT2D eigenvalue weighted by molar-refractivity contribution is -0.127. The van der Waals surface area contributed by atoms with Crippen LogP contribution >= 0.6 is 22.9 Å². The van der Waals surface area contributed by atoms with Crippen molar-refractivity contribution in [3.8, 4) is 0 Å². The highest BCUT2D eigenvalue weighted by atomic mass is 35.5. The highest BCUT2D eigenvalue weighted by Gasteiger charge is 2.23. The lowest BCUT2D eigenvalue weighted by Gasteiger charge is -2.12. The van der Waals surface area contributed by atoms with Gasteiger partial charge in [0.15, 0.2) is 6.10 Å². The summed E-state index contributed by atoms with van der Waals surface area (Å²) in [6.07, 6.45) is -1.12. The molecule has 10 heteroatoms. The van der Waals surface area contributed by atoms with Crippen molar-refractivity contribution in [2.24, 2.45) is 0 Å². The summed E-state index contributed by atoms with van der Waals surface area (Å²) < 4.78 is 7.01. The van der Waals surface area contributed by atoms with E-state index in [0.717, 1.165) is 21.5 Å². The second-order valence-corrected chi connectivity index (χ2v) is 8.00. The van der Waals surface area contributed by atoms with Crippen LogP contribution in [0.15, 0.2) is 30.3 Å². The zero-order chi connectivity index (χ0) is 21.8. The Kier molecular flexibility index (Phi) is 6.73. The summed E-state index contributed by atoms with van der Waals surface area (Å²) in [5.41, 5.74) is 1.69. The number of urea groups is 1. The number of carbonyl (C=O) groups excluding carboxylic acids is 3. The molecule has 158 valence electrons. The molecule has 1 unspecified atom stereocenters. The summed E-state index contributed by atoms with van der Waals surface area (Å²) in [7, 11) is 0. The number of aryl methyl sites for hydroxylation is 1. The van der Waals surface area contributed by atoms with Crippen molar-refractivity contribution in [3.63, 3.8) is 0 Å². The van der Waals surface area contributed by atoms with Gasteiger partial charge >= 0.3 is 12.0 Å². The molecule has 0 aliphatic carbocycles. The molecule has 3 aromatic rings. The zero-order valence-electron chi connectivity index (χ0n) is 16.7. The van der Waals surface area contributed by atoms with Crippen molar-refractivity contribution in [2.75, 3.05) is 6.54 Å². The molecule has 1 aromatic carbocycles. The Morgan fingerprint density at radius 3 is 2.73 bits per heavy atom. The van der Waals surface area contributed by atoms with Gasteiger partial charge in [0.05, 0.1) is 12.2 Å². The topological polar surface area (TPSA) is 102 Å². The molecule has 3 rings (SSSR count). The van der Waals surface area contributed by atoms with Crippen molar-refractivity contribution in [1.29, 1.82) is 0 Å². The largest absolute Gasteiger partial charge is 0.448 e. The van der Waals surface area contributed by atoms with Gasteiger partial charge in [0, 0.05) is 17.0 Å². The Labute approximate surface area is 182 Å². The lowest BCUT2D eigenvalue weighted by atomic mass is 10.2. The molecule has 3 amide bonds. The molecule has 0 saturated heterocycles. The molecule has 1 atom stereocenters. The maximum absolute atomic E-state index is 12.5. The van der Waals surface area contributed by atoms with E-state index in [9.17, 15) is 14.4 Å². The van der Waals surface area contributed by atoms with E-state index in [1.165, 1.54) is 18.3 Å². The first-order valence-corrected chi connectivity index (χ1v) is 10.5. The average Bonchev–Trinajstić information content (AvgIpc) is 3.25. The Bertz CT molecular complexity index is 1110. The average molecular weight is 449 g/mol. The summed E-state index contributed by atoms with van der Waals surface area (Å²) in [6, 6.07) is 8.56. The van der Waals surface area contributed by atoms with E-state index in [4.69, 9.17) is 16.3 Å². The van der Waals surface area contributed by atoms with Crippen molar-refractivity contribution >= 4 is 51.1 Å². The maximum Gasteiger partial charge on any atom is 0.349 e. The summed E-state index contributed by atoms with van der Waals surface area (Å²) in [5.74, 6) is -1.34. The smallest absolute Gasteiger partial charge is 0.349 e. The van der Waals surface area contributed by atoms with E-state index in [1.54, 1.807) is 17.7 Å². The van der Waals surface area contributed by atoms with Gasteiger partial charge in [-0.3, -0.25) is 14.8 Å². The standard InChI is InChI=1S/C20H21ClN4O4S/c1-4-22-20(28)23-17(26)12(3)29-19(27)16-9-14-11(2)24-25(18(14)30-16)10-13-7-5-6-8-15(13)21/h5-9,12H,4,10H2,1-3H3,(H2,22,23,26,28). The number of fused-ring (bicyclic) bond motifs is 1.